The van der Waals surface area contributed by atoms with E-state index >= 15 is 0 Å². The molecule has 232 valence electrons. The van der Waals surface area contributed by atoms with Gasteiger partial charge in [-0.25, -0.2) is 4.39 Å². The van der Waals surface area contributed by atoms with Crippen LogP contribution < -0.4 is 26.9 Å². The van der Waals surface area contributed by atoms with Gasteiger partial charge < -0.3 is 21.4 Å². The molecule has 1 atom stereocenters. The highest BCUT2D eigenvalue weighted by atomic mass is 35.5. The van der Waals surface area contributed by atoms with Crippen LogP contribution >= 0.6 is 23.2 Å². The second-order valence-electron chi connectivity index (χ2n) is 12.8. The van der Waals surface area contributed by atoms with E-state index in [0.717, 1.165) is 24.1 Å². The Morgan fingerprint density at radius 2 is 1.80 bits per heavy atom. The molecule has 45 heavy (non-hydrogen) atoms. The van der Waals surface area contributed by atoms with Crippen molar-refractivity contribution in [1.29, 1.82) is 5.26 Å². The van der Waals surface area contributed by atoms with Crippen LogP contribution in [0.15, 0.2) is 73.0 Å². The van der Waals surface area contributed by atoms with Crippen LogP contribution in [0.4, 0.5) is 21.5 Å². The number of anilines is 3. The lowest BCUT2D eigenvalue weighted by atomic mass is 9.79. The lowest BCUT2D eigenvalue weighted by molar-refractivity contribution is 0.0671. The molecule has 0 amide bonds. The van der Waals surface area contributed by atoms with E-state index in [1.807, 2.05) is 30.5 Å². The summed E-state index contributed by atoms with van der Waals surface area (Å²) in [5.41, 5.74) is 11.1. The number of hydrogen-bond donors (Lipinski definition) is 5. The van der Waals surface area contributed by atoms with Crippen molar-refractivity contribution in [2.75, 3.05) is 10.6 Å². The van der Waals surface area contributed by atoms with E-state index in [-0.39, 0.29) is 28.2 Å². The molecule has 4 aromatic rings. The highest BCUT2D eigenvalue weighted by molar-refractivity contribution is 6.36. The Hall–Kier alpha value is -4.14. The van der Waals surface area contributed by atoms with E-state index < -0.39 is 5.82 Å². The number of halogens is 3. The van der Waals surface area contributed by atoms with Gasteiger partial charge in [0, 0.05) is 52.6 Å². The van der Waals surface area contributed by atoms with Gasteiger partial charge in [-0.15, -0.1) is 5.53 Å². The lowest BCUT2D eigenvalue weighted by Crippen LogP contribution is -2.63. The molecule has 12 heteroatoms. The molecule has 1 saturated heterocycles. The molecule has 4 heterocycles. The van der Waals surface area contributed by atoms with Crippen molar-refractivity contribution < 1.29 is 4.39 Å². The van der Waals surface area contributed by atoms with Crippen LogP contribution in [0.1, 0.15) is 57.7 Å². The number of nitriles is 1. The summed E-state index contributed by atoms with van der Waals surface area (Å²) in [5.74, 6) is -0.534. The molecule has 1 fully saturated rings. The van der Waals surface area contributed by atoms with Crippen LogP contribution in [0.3, 0.4) is 0 Å². The largest absolute Gasteiger partial charge is 0.373 e. The van der Waals surface area contributed by atoms with Gasteiger partial charge in [0.2, 0.25) is 0 Å². The van der Waals surface area contributed by atoms with E-state index in [1.165, 1.54) is 18.3 Å². The van der Waals surface area contributed by atoms with Crippen LogP contribution in [-0.4, -0.2) is 32.1 Å². The number of pyridine rings is 2. The van der Waals surface area contributed by atoms with Crippen molar-refractivity contribution in [3.63, 3.8) is 0 Å². The normalized spacial score (nSPS) is 18.2. The Morgan fingerprint density at radius 3 is 2.49 bits per heavy atom. The van der Waals surface area contributed by atoms with Crippen molar-refractivity contribution in [3.8, 4) is 6.07 Å². The summed E-state index contributed by atoms with van der Waals surface area (Å²) in [4.78, 5) is 8.84. The maximum Gasteiger partial charge on any atom is 0.141 e. The van der Waals surface area contributed by atoms with Crippen LogP contribution in [0, 0.1) is 17.1 Å². The molecule has 2 aliphatic rings. The molecule has 0 bridgehead atoms. The summed E-state index contributed by atoms with van der Waals surface area (Å²) in [6, 6.07) is 14.0. The van der Waals surface area contributed by atoms with Crippen LogP contribution in [0.25, 0.3) is 10.9 Å². The van der Waals surface area contributed by atoms with Gasteiger partial charge in [0.15, 0.2) is 0 Å². The Balaban J connectivity index is 1.37. The first-order valence-corrected chi connectivity index (χ1v) is 15.4. The Labute approximate surface area is 271 Å². The molecule has 0 radical (unpaired) electrons. The van der Waals surface area contributed by atoms with Gasteiger partial charge in [0.25, 0.3) is 0 Å². The number of rotatable bonds is 7. The zero-order valence-electron chi connectivity index (χ0n) is 25.3. The van der Waals surface area contributed by atoms with Gasteiger partial charge in [-0.1, -0.05) is 29.3 Å². The number of hydrogen-bond acceptors (Lipinski definition) is 9. The fourth-order valence-electron chi connectivity index (χ4n) is 6.49. The highest BCUT2D eigenvalue weighted by Gasteiger charge is 2.41. The predicted octanol–water partition coefficient (Wildman–Crippen LogP) is 7.32. The van der Waals surface area contributed by atoms with Crippen molar-refractivity contribution in [2.24, 2.45) is 0 Å². The van der Waals surface area contributed by atoms with E-state index in [0.29, 0.717) is 38.6 Å². The lowest BCUT2D eigenvalue weighted by Gasteiger charge is -2.48. The van der Waals surface area contributed by atoms with Crippen LogP contribution in [-0.2, 0) is 0 Å². The SMILES string of the molecule is CC1(C)CC(N2C=C([C@@H](Nc3cc(Cl)c4ncc(C#N)c(Nc5ccc(F)c(Cl)c5)c4c3)c3cccnc3)NN2)CC(C)(C)N1. The zero-order chi connectivity index (χ0) is 31.9. The number of aromatic nitrogens is 2. The smallest absolute Gasteiger partial charge is 0.141 e. The second kappa shape index (κ2) is 12.0. The summed E-state index contributed by atoms with van der Waals surface area (Å²) in [7, 11) is 0. The third-order valence-electron chi connectivity index (χ3n) is 8.04. The van der Waals surface area contributed by atoms with Crippen molar-refractivity contribution in [1.82, 2.24) is 31.3 Å². The first-order valence-electron chi connectivity index (χ1n) is 14.6. The molecular formula is C33H34Cl2FN9. The number of nitrogens with zero attached hydrogens (tertiary/aromatic N) is 4. The predicted molar refractivity (Wildman–Crippen MR) is 177 cm³/mol. The molecule has 0 aliphatic carbocycles. The van der Waals surface area contributed by atoms with Crippen molar-refractivity contribution in [3.05, 3.63) is 99.9 Å². The Bertz CT molecular complexity index is 1800. The van der Waals surface area contributed by atoms with Crippen LogP contribution in [0.5, 0.6) is 0 Å². The molecule has 0 saturated carbocycles. The number of nitrogens with one attached hydrogen (secondary N) is 5. The minimum atomic E-state index is -0.534. The molecule has 0 spiro atoms. The fourth-order valence-corrected chi connectivity index (χ4v) is 6.94. The molecular weight excluding hydrogens is 612 g/mol. The number of hydrazine groups is 2. The third kappa shape index (κ3) is 6.63. The van der Waals surface area contributed by atoms with Gasteiger partial charge >= 0.3 is 0 Å². The summed E-state index contributed by atoms with van der Waals surface area (Å²) in [6.07, 6.45) is 9.05. The average Bonchev–Trinajstić information content (AvgIpc) is 3.47. The van der Waals surface area contributed by atoms with E-state index in [2.05, 4.69) is 81.9 Å². The molecule has 6 rings (SSSR count). The summed E-state index contributed by atoms with van der Waals surface area (Å²) < 4.78 is 13.9. The second-order valence-corrected chi connectivity index (χ2v) is 13.6. The molecule has 9 nitrogen and oxygen atoms in total. The average molecular weight is 647 g/mol. The summed E-state index contributed by atoms with van der Waals surface area (Å²) >= 11 is 12.8. The van der Waals surface area contributed by atoms with Gasteiger partial charge in [0.1, 0.15) is 11.9 Å². The third-order valence-corrected chi connectivity index (χ3v) is 8.62. The summed E-state index contributed by atoms with van der Waals surface area (Å²) in [6.45, 7) is 8.94. The Kier molecular flexibility index (Phi) is 8.22. The first kappa shape index (κ1) is 30.9. The standard InChI is InChI=1S/C33H34Cl2FN9/c1-32(2)13-23(14-33(3,4)43-32)45-18-28(42-44-45)30(19-6-5-9-38-16-19)41-22-10-24-29(40-21-7-8-27(36)25(34)11-21)20(15-37)17-39-31(24)26(35)12-22/h5-12,16-18,23,30,41-44H,13-14H2,1-4H3,(H,39,40)/t30-/m0/s1. The first-order chi connectivity index (χ1) is 21.4. The Morgan fingerprint density at radius 1 is 1.04 bits per heavy atom. The molecule has 2 aliphatic heterocycles. The van der Waals surface area contributed by atoms with E-state index in [9.17, 15) is 9.65 Å². The quantitative estimate of drug-likeness (QED) is 0.141. The minimum Gasteiger partial charge on any atom is -0.373 e. The van der Waals surface area contributed by atoms with Crippen molar-refractivity contribution >= 4 is 51.2 Å². The molecule has 0 unspecified atom stereocenters. The number of fused-ring (bicyclic) bond motifs is 1. The minimum absolute atomic E-state index is 0.0190. The van der Waals surface area contributed by atoms with Gasteiger partial charge in [0.05, 0.1) is 44.6 Å². The van der Waals surface area contributed by atoms with Gasteiger partial charge in [-0.05, 0) is 82.5 Å². The van der Waals surface area contributed by atoms with E-state index in [4.69, 9.17) is 23.2 Å². The molecule has 2 aromatic heterocycles. The van der Waals surface area contributed by atoms with Crippen molar-refractivity contribution in [2.45, 2.75) is 63.7 Å². The summed E-state index contributed by atoms with van der Waals surface area (Å²) in [5, 5.41) is 23.7. The molecule has 5 N–H and O–H groups in total. The maximum absolute atomic E-state index is 13.9. The monoisotopic (exact) mass is 645 g/mol. The number of piperidine rings is 1. The zero-order valence-corrected chi connectivity index (χ0v) is 26.9. The molecule has 2 aromatic carbocycles. The number of benzene rings is 2. The fraction of sp³-hybridized carbons (Fsp3) is 0.303. The van der Waals surface area contributed by atoms with Gasteiger partial charge in [-0.2, -0.15) is 5.26 Å². The van der Waals surface area contributed by atoms with Gasteiger partial charge in [-0.3, -0.25) is 15.0 Å². The van der Waals surface area contributed by atoms with E-state index in [1.54, 1.807) is 12.3 Å². The maximum atomic E-state index is 13.9. The van der Waals surface area contributed by atoms with Crippen LogP contribution in [0.2, 0.25) is 10.0 Å². The highest BCUT2D eigenvalue weighted by Crippen LogP contribution is 2.38. The topological polar surface area (TPSA) is 113 Å².